The minimum Gasteiger partial charge on any atom is -0.307 e. The fourth-order valence-electron chi connectivity index (χ4n) is 2.45. The molecular weight excluding hydrogens is 260 g/mol. The molecule has 0 unspecified atom stereocenters. The number of aromatic nitrogens is 1. The number of nitriles is 1. The maximum Gasteiger partial charge on any atom is 0.268 e. The first-order chi connectivity index (χ1) is 10.1. The lowest BCUT2D eigenvalue weighted by molar-refractivity contribution is 0.617. The SMILES string of the molecule is CCCCn1c(-c2cc(C)ccc2C)ccc(C#N)c1=O. The average Bonchev–Trinajstić information content (AvgIpc) is 2.48. The van der Waals surface area contributed by atoms with Crippen LogP contribution >= 0.6 is 0 Å². The molecule has 21 heavy (non-hydrogen) atoms. The van der Waals surface area contributed by atoms with E-state index in [1.54, 1.807) is 10.6 Å². The summed E-state index contributed by atoms with van der Waals surface area (Å²) in [6.45, 7) is 6.83. The standard InChI is InChI=1S/C18H20N2O/c1-4-5-10-20-17(9-8-15(12-19)18(20)21)16-11-13(2)6-7-14(16)3/h6-9,11H,4-5,10H2,1-3H3. The molecule has 1 aromatic heterocycles. The minimum atomic E-state index is -0.190. The molecule has 3 heteroatoms. The summed E-state index contributed by atoms with van der Waals surface area (Å²) in [4.78, 5) is 12.4. The number of nitrogens with zero attached hydrogens (tertiary/aromatic N) is 2. The molecule has 108 valence electrons. The van der Waals surface area contributed by atoms with Gasteiger partial charge in [0.25, 0.3) is 5.56 Å². The van der Waals surface area contributed by atoms with Crippen LogP contribution in [0.3, 0.4) is 0 Å². The van der Waals surface area contributed by atoms with Crippen LogP contribution < -0.4 is 5.56 Å². The van der Waals surface area contributed by atoms with Crippen molar-refractivity contribution < 1.29 is 0 Å². The Hall–Kier alpha value is -2.34. The first-order valence-electron chi connectivity index (χ1n) is 7.30. The van der Waals surface area contributed by atoms with Crippen LogP contribution in [0.15, 0.2) is 35.1 Å². The van der Waals surface area contributed by atoms with Crippen molar-refractivity contribution in [2.45, 2.75) is 40.2 Å². The van der Waals surface area contributed by atoms with E-state index in [1.807, 2.05) is 26.0 Å². The molecule has 0 aliphatic carbocycles. The Morgan fingerprint density at radius 2 is 1.95 bits per heavy atom. The third-order valence-corrected chi connectivity index (χ3v) is 3.70. The van der Waals surface area contributed by atoms with E-state index in [2.05, 4.69) is 25.1 Å². The van der Waals surface area contributed by atoms with Crippen molar-refractivity contribution in [3.8, 4) is 17.3 Å². The largest absolute Gasteiger partial charge is 0.307 e. The minimum absolute atomic E-state index is 0.190. The molecule has 3 nitrogen and oxygen atoms in total. The van der Waals surface area contributed by atoms with Crippen molar-refractivity contribution in [2.75, 3.05) is 0 Å². The van der Waals surface area contributed by atoms with Crippen LogP contribution in [0.5, 0.6) is 0 Å². The highest BCUT2D eigenvalue weighted by Gasteiger charge is 2.12. The van der Waals surface area contributed by atoms with E-state index in [1.165, 1.54) is 0 Å². The van der Waals surface area contributed by atoms with Gasteiger partial charge in [0, 0.05) is 12.1 Å². The quantitative estimate of drug-likeness (QED) is 0.855. The van der Waals surface area contributed by atoms with Gasteiger partial charge in [-0.15, -0.1) is 0 Å². The Bertz CT molecular complexity index is 751. The summed E-state index contributed by atoms with van der Waals surface area (Å²) in [5.74, 6) is 0. The number of unbranched alkanes of at least 4 members (excludes halogenated alkanes) is 1. The molecule has 0 saturated carbocycles. The van der Waals surface area contributed by atoms with Gasteiger partial charge in [-0.25, -0.2) is 0 Å². The molecule has 0 spiro atoms. The third kappa shape index (κ3) is 3.05. The number of benzene rings is 1. The number of pyridine rings is 1. The lowest BCUT2D eigenvalue weighted by atomic mass is 10.0. The van der Waals surface area contributed by atoms with Crippen molar-refractivity contribution in [3.05, 3.63) is 57.4 Å². The molecule has 0 aliphatic rings. The molecule has 0 atom stereocenters. The van der Waals surface area contributed by atoms with E-state index >= 15 is 0 Å². The molecular formula is C18H20N2O. The predicted molar refractivity (Wildman–Crippen MR) is 85.2 cm³/mol. The lowest BCUT2D eigenvalue weighted by Crippen LogP contribution is -2.24. The van der Waals surface area contributed by atoms with Gasteiger partial charge in [-0.2, -0.15) is 5.26 Å². The van der Waals surface area contributed by atoms with Gasteiger partial charge in [0.15, 0.2) is 0 Å². The molecule has 0 aliphatic heterocycles. The Labute approximate surface area is 125 Å². The van der Waals surface area contributed by atoms with Crippen LogP contribution in [0.1, 0.15) is 36.5 Å². The van der Waals surface area contributed by atoms with Crippen molar-refractivity contribution in [2.24, 2.45) is 0 Å². The van der Waals surface area contributed by atoms with E-state index in [4.69, 9.17) is 5.26 Å². The van der Waals surface area contributed by atoms with Gasteiger partial charge in [0.2, 0.25) is 0 Å². The summed E-state index contributed by atoms with van der Waals surface area (Å²) in [6, 6.07) is 11.7. The molecule has 0 saturated heterocycles. The topological polar surface area (TPSA) is 45.8 Å². The molecule has 0 N–H and O–H groups in total. The van der Waals surface area contributed by atoms with Gasteiger partial charge in [0.05, 0.1) is 5.69 Å². The zero-order valence-electron chi connectivity index (χ0n) is 12.8. The fraction of sp³-hybridized carbons (Fsp3) is 0.333. The first kappa shape index (κ1) is 15.1. The summed E-state index contributed by atoms with van der Waals surface area (Å²) in [5.41, 5.74) is 4.27. The van der Waals surface area contributed by atoms with Gasteiger partial charge in [-0.1, -0.05) is 31.0 Å². The number of hydrogen-bond donors (Lipinski definition) is 0. The van der Waals surface area contributed by atoms with Crippen LogP contribution in [-0.2, 0) is 6.54 Å². The highest BCUT2D eigenvalue weighted by atomic mass is 16.1. The number of aryl methyl sites for hydroxylation is 2. The van der Waals surface area contributed by atoms with Crippen molar-refractivity contribution >= 4 is 0 Å². The Kier molecular flexibility index (Phi) is 4.59. The second-order valence-electron chi connectivity index (χ2n) is 5.37. The maximum absolute atomic E-state index is 12.4. The van der Waals surface area contributed by atoms with Crippen molar-refractivity contribution in [1.82, 2.24) is 4.57 Å². The normalized spacial score (nSPS) is 10.4. The van der Waals surface area contributed by atoms with Crippen LogP contribution in [0, 0.1) is 25.2 Å². The zero-order valence-corrected chi connectivity index (χ0v) is 12.8. The van der Waals surface area contributed by atoms with Crippen LogP contribution in [0.25, 0.3) is 11.3 Å². The maximum atomic E-state index is 12.4. The van der Waals surface area contributed by atoms with E-state index in [-0.39, 0.29) is 11.1 Å². The van der Waals surface area contributed by atoms with E-state index < -0.39 is 0 Å². The summed E-state index contributed by atoms with van der Waals surface area (Å²) >= 11 is 0. The van der Waals surface area contributed by atoms with Gasteiger partial charge >= 0.3 is 0 Å². The number of rotatable bonds is 4. The summed E-state index contributed by atoms with van der Waals surface area (Å²) in [6.07, 6.45) is 1.93. The highest BCUT2D eigenvalue weighted by Crippen LogP contribution is 2.24. The zero-order chi connectivity index (χ0) is 15.4. The summed E-state index contributed by atoms with van der Waals surface area (Å²) < 4.78 is 1.74. The second-order valence-corrected chi connectivity index (χ2v) is 5.37. The number of hydrogen-bond acceptors (Lipinski definition) is 2. The third-order valence-electron chi connectivity index (χ3n) is 3.70. The smallest absolute Gasteiger partial charge is 0.268 e. The Morgan fingerprint density at radius 1 is 1.19 bits per heavy atom. The molecule has 1 aromatic carbocycles. The Balaban J connectivity index is 2.68. The predicted octanol–water partition coefficient (Wildman–Crippen LogP) is 3.80. The monoisotopic (exact) mass is 280 g/mol. The van der Waals surface area contributed by atoms with Gasteiger partial charge in [0.1, 0.15) is 11.6 Å². The van der Waals surface area contributed by atoms with E-state index in [0.29, 0.717) is 6.54 Å². The van der Waals surface area contributed by atoms with Gasteiger partial charge in [-0.05, 0) is 44.0 Å². The first-order valence-corrected chi connectivity index (χ1v) is 7.30. The molecule has 2 rings (SSSR count). The fourth-order valence-corrected chi connectivity index (χ4v) is 2.45. The van der Waals surface area contributed by atoms with E-state index in [9.17, 15) is 4.79 Å². The molecule has 0 fully saturated rings. The summed E-state index contributed by atoms with van der Waals surface area (Å²) in [7, 11) is 0. The van der Waals surface area contributed by atoms with Gasteiger partial charge < -0.3 is 4.57 Å². The average molecular weight is 280 g/mol. The molecule has 1 heterocycles. The Morgan fingerprint density at radius 3 is 2.62 bits per heavy atom. The molecule has 0 amide bonds. The molecule has 2 aromatic rings. The molecule has 0 bridgehead atoms. The van der Waals surface area contributed by atoms with Gasteiger partial charge in [-0.3, -0.25) is 4.79 Å². The highest BCUT2D eigenvalue weighted by molar-refractivity contribution is 5.65. The van der Waals surface area contributed by atoms with Crippen molar-refractivity contribution in [1.29, 1.82) is 5.26 Å². The van der Waals surface area contributed by atoms with Crippen molar-refractivity contribution in [3.63, 3.8) is 0 Å². The van der Waals surface area contributed by atoms with E-state index in [0.717, 1.165) is 35.2 Å². The van der Waals surface area contributed by atoms with Crippen LogP contribution in [0.4, 0.5) is 0 Å². The van der Waals surface area contributed by atoms with Crippen LogP contribution in [-0.4, -0.2) is 4.57 Å². The summed E-state index contributed by atoms with van der Waals surface area (Å²) in [5, 5.41) is 9.07. The second kappa shape index (κ2) is 6.41. The lowest BCUT2D eigenvalue weighted by Gasteiger charge is -2.15. The van der Waals surface area contributed by atoms with Crippen LogP contribution in [0.2, 0.25) is 0 Å². The molecule has 0 radical (unpaired) electrons.